The average molecular weight is 278 g/mol. The molecule has 0 radical (unpaired) electrons. The second-order valence-corrected chi connectivity index (χ2v) is 5.54. The molecule has 1 saturated heterocycles. The summed E-state index contributed by atoms with van der Waals surface area (Å²) >= 11 is 5.96. The predicted octanol–water partition coefficient (Wildman–Crippen LogP) is 2.88. The number of hydrogen-bond donors (Lipinski definition) is 0. The molecule has 1 aliphatic heterocycles. The van der Waals surface area contributed by atoms with Crippen molar-refractivity contribution < 1.29 is 4.74 Å². The van der Waals surface area contributed by atoms with Crippen molar-refractivity contribution in [2.45, 2.75) is 32.1 Å². The molecule has 1 fully saturated rings. The van der Waals surface area contributed by atoms with E-state index < -0.39 is 0 Å². The fourth-order valence-electron chi connectivity index (χ4n) is 2.74. The molecule has 0 unspecified atom stereocenters. The van der Waals surface area contributed by atoms with Gasteiger partial charge in [0.15, 0.2) is 0 Å². The zero-order valence-electron chi connectivity index (χ0n) is 11.0. The molecule has 3 atom stereocenters. The van der Waals surface area contributed by atoms with Gasteiger partial charge in [-0.3, -0.25) is 0 Å². The Morgan fingerprint density at radius 3 is 2.58 bits per heavy atom. The van der Waals surface area contributed by atoms with E-state index in [0.29, 0.717) is 12.5 Å². The summed E-state index contributed by atoms with van der Waals surface area (Å²) in [7, 11) is 0. The molecule has 0 saturated carbocycles. The molecule has 0 amide bonds. The minimum Gasteiger partial charge on any atom is -0.365 e. The van der Waals surface area contributed by atoms with E-state index in [-0.39, 0.29) is 11.7 Å². The van der Waals surface area contributed by atoms with Crippen molar-refractivity contribution in [1.29, 1.82) is 0 Å². The van der Waals surface area contributed by atoms with Gasteiger partial charge in [0.25, 0.3) is 0 Å². The first-order valence-electron chi connectivity index (χ1n) is 6.38. The molecule has 2 aromatic rings. The number of hydrogen-bond acceptors (Lipinski definition) is 3. The molecular formula is C14H16ClN3O. The molecule has 19 heavy (non-hydrogen) atoms. The van der Waals surface area contributed by atoms with Crippen LogP contribution in [0.3, 0.4) is 0 Å². The van der Waals surface area contributed by atoms with Crippen molar-refractivity contribution in [3.8, 4) is 0 Å². The summed E-state index contributed by atoms with van der Waals surface area (Å²) in [5, 5.41) is 4.92. The minimum absolute atomic E-state index is 0.249. The van der Waals surface area contributed by atoms with Crippen molar-refractivity contribution in [3.05, 3.63) is 47.5 Å². The van der Waals surface area contributed by atoms with Crippen molar-refractivity contribution in [1.82, 2.24) is 14.8 Å². The predicted molar refractivity (Wildman–Crippen MR) is 72.9 cm³/mol. The van der Waals surface area contributed by atoms with Crippen LogP contribution in [0.15, 0.2) is 36.9 Å². The average Bonchev–Trinajstić information content (AvgIpc) is 2.91. The molecule has 4 nitrogen and oxygen atoms in total. The normalized spacial score (nSPS) is 30.1. The number of benzene rings is 1. The third-order valence-electron chi connectivity index (χ3n) is 4.03. The fourth-order valence-corrected chi connectivity index (χ4v) is 2.86. The summed E-state index contributed by atoms with van der Waals surface area (Å²) in [5.41, 5.74) is 0.801. The molecule has 0 N–H and O–H groups in total. The van der Waals surface area contributed by atoms with E-state index >= 15 is 0 Å². The number of ether oxygens (including phenoxy) is 1. The Hall–Kier alpha value is -1.39. The fraction of sp³-hybridized carbons (Fsp3) is 0.429. The molecule has 100 valence electrons. The summed E-state index contributed by atoms with van der Waals surface area (Å²) in [6.07, 6.45) is 3.51. The monoisotopic (exact) mass is 277 g/mol. The van der Waals surface area contributed by atoms with Gasteiger partial charge < -0.3 is 4.74 Å². The summed E-state index contributed by atoms with van der Waals surface area (Å²) in [5.74, 6) is 0.415. The zero-order chi connectivity index (χ0) is 13.5. The van der Waals surface area contributed by atoms with E-state index in [9.17, 15) is 0 Å². The van der Waals surface area contributed by atoms with Crippen molar-refractivity contribution in [2.24, 2.45) is 5.92 Å². The first-order chi connectivity index (χ1) is 9.12. The number of halogens is 1. The number of nitrogens with zero attached hydrogens (tertiary/aromatic N) is 3. The van der Waals surface area contributed by atoms with Gasteiger partial charge in [0.1, 0.15) is 18.3 Å². The summed E-state index contributed by atoms with van der Waals surface area (Å²) in [6.45, 7) is 4.97. The topological polar surface area (TPSA) is 39.9 Å². The van der Waals surface area contributed by atoms with E-state index in [1.54, 1.807) is 12.7 Å². The van der Waals surface area contributed by atoms with Crippen LogP contribution in [-0.2, 0) is 16.9 Å². The van der Waals surface area contributed by atoms with Crippen molar-refractivity contribution in [3.63, 3.8) is 0 Å². The lowest BCUT2D eigenvalue weighted by Gasteiger charge is -2.53. The van der Waals surface area contributed by atoms with Gasteiger partial charge in [0.05, 0.1) is 12.6 Å². The van der Waals surface area contributed by atoms with Gasteiger partial charge in [-0.05, 0) is 24.6 Å². The highest BCUT2D eigenvalue weighted by Crippen LogP contribution is 2.48. The Labute approximate surface area is 117 Å². The quantitative estimate of drug-likeness (QED) is 0.866. The first kappa shape index (κ1) is 12.6. The van der Waals surface area contributed by atoms with Crippen LogP contribution in [0.5, 0.6) is 0 Å². The maximum atomic E-state index is 6.11. The highest BCUT2D eigenvalue weighted by molar-refractivity contribution is 6.30. The van der Waals surface area contributed by atoms with E-state index in [4.69, 9.17) is 16.3 Å². The lowest BCUT2D eigenvalue weighted by Crippen LogP contribution is -2.57. The highest BCUT2D eigenvalue weighted by Gasteiger charge is 2.52. The van der Waals surface area contributed by atoms with Crippen LogP contribution in [-0.4, -0.2) is 20.9 Å². The summed E-state index contributed by atoms with van der Waals surface area (Å²) in [6, 6.07) is 7.86. The molecule has 0 spiro atoms. The molecule has 0 bridgehead atoms. The Balaban J connectivity index is 1.96. The van der Waals surface area contributed by atoms with Gasteiger partial charge in [-0.2, -0.15) is 5.10 Å². The summed E-state index contributed by atoms with van der Waals surface area (Å²) < 4.78 is 7.92. The van der Waals surface area contributed by atoms with E-state index in [2.05, 4.69) is 23.9 Å². The van der Waals surface area contributed by atoms with Crippen molar-refractivity contribution >= 4 is 11.6 Å². The van der Waals surface area contributed by atoms with Gasteiger partial charge in [-0.15, -0.1) is 0 Å². The van der Waals surface area contributed by atoms with Gasteiger partial charge in [0, 0.05) is 10.9 Å². The molecule has 1 aromatic heterocycles. The third-order valence-corrected chi connectivity index (χ3v) is 4.28. The highest BCUT2D eigenvalue weighted by atomic mass is 35.5. The molecule has 1 aromatic carbocycles. The summed E-state index contributed by atoms with van der Waals surface area (Å²) in [4.78, 5) is 3.99. The second-order valence-electron chi connectivity index (χ2n) is 5.10. The van der Waals surface area contributed by atoms with Gasteiger partial charge in [-0.1, -0.05) is 30.7 Å². The molecule has 2 heterocycles. The van der Waals surface area contributed by atoms with Crippen LogP contribution in [0.25, 0.3) is 0 Å². The van der Waals surface area contributed by atoms with Gasteiger partial charge in [0.2, 0.25) is 0 Å². The van der Waals surface area contributed by atoms with Crippen LogP contribution < -0.4 is 0 Å². The number of rotatable bonds is 3. The lowest BCUT2D eigenvalue weighted by molar-refractivity contribution is -0.263. The van der Waals surface area contributed by atoms with Crippen LogP contribution in [0.2, 0.25) is 5.02 Å². The number of aromatic nitrogens is 3. The van der Waals surface area contributed by atoms with Gasteiger partial charge >= 0.3 is 0 Å². The maximum absolute atomic E-state index is 6.11. The van der Waals surface area contributed by atoms with Crippen molar-refractivity contribution in [2.75, 3.05) is 0 Å². The standard InChI is InChI=1S/C14H16ClN3O/c1-10-11(2)19-14(10,7-18-9-16-8-17-18)12-3-5-13(15)6-4-12/h3-6,8-11H,7H2,1-2H3/t10-,11-,14+/m0/s1. The minimum atomic E-state index is -0.336. The largest absolute Gasteiger partial charge is 0.365 e. The maximum Gasteiger partial charge on any atom is 0.137 e. The van der Waals surface area contributed by atoms with E-state index in [1.807, 2.05) is 28.9 Å². The molecule has 3 rings (SSSR count). The van der Waals surface area contributed by atoms with Crippen LogP contribution in [0, 0.1) is 5.92 Å². The zero-order valence-corrected chi connectivity index (χ0v) is 11.7. The smallest absolute Gasteiger partial charge is 0.137 e. The first-order valence-corrected chi connectivity index (χ1v) is 6.76. The molecule has 1 aliphatic rings. The Morgan fingerprint density at radius 2 is 2.05 bits per heavy atom. The van der Waals surface area contributed by atoms with Crippen LogP contribution in [0.1, 0.15) is 19.4 Å². The third kappa shape index (κ3) is 2.05. The van der Waals surface area contributed by atoms with E-state index in [1.165, 1.54) is 0 Å². The van der Waals surface area contributed by atoms with Gasteiger partial charge in [-0.25, -0.2) is 9.67 Å². The van der Waals surface area contributed by atoms with Crippen LogP contribution in [0.4, 0.5) is 0 Å². The van der Waals surface area contributed by atoms with E-state index in [0.717, 1.165) is 10.6 Å². The SMILES string of the molecule is C[C@@H]1O[C@@](Cn2cncn2)(c2ccc(Cl)cc2)[C@H]1C. The Bertz CT molecular complexity index is 555. The Kier molecular flexibility index (Phi) is 3.07. The lowest BCUT2D eigenvalue weighted by atomic mass is 9.74. The molecule has 0 aliphatic carbocycles. The molecular weight excluding hydrogens is 262 g/mol. The van der Waals surface area contributed by atoms with Crippen LogP contribution >= 0.6 is 11.6 Å². The molecule has 5 heteroatoms. The second kappa shape index (κ2) is 4.62. The Morgan fingerprint density at radius 1 is 1.32 bits per heavy atom.